The number of aryl methyl sites for hydroxylation is 2. The van der Waals surface area contributed by atoms with Gasteiger partial charge in [0.05, 0.1) is 7.11 Å². The molecule has 0 saturated heterocycles. The smallest absolute Gasteiger partial charge is 0.305 e. The van der Waals surface area contributed by atoms with Crippen LogP contribution in [0.2, 0.25) is 0 Å². The van der Waals surface area contributed by atoms with E-state index in [0.717, 1.165) is 32.1 Å². The van der Waals surface area contributed by atoms with Gasteiger partial charge in [-0.2, -0.15) is 0 Å². The van der Waals surface area contributed by atoms with Gasteiger partial charge >= 0.3 is 5.97 Å². The molecule has 0 heterocycles. The van der Waals surface area contributed by atoms with Gasteiger partial charge < -0.3 is 9.84 Å². The van der Waals surface area contributed by atoms with Crippen LogP contribution in [0, 0.1) is 0 Å². The van der Waals surface area contributed by atoms with Crippen molar-refractivity contribution in [2.45, 2.75) is 38.5 Å². The molecule has 1 aromatic rings. The number of methoxy groups -OCH3 is 1. The highest BCUT2D eigenvalue weighted by Crippen LogP contribution is 2.14. The van der Waals surface area contributed by atoms with Crippen LogP contribution < -0.4 is 0 Å². The van der Waals surface area contributed by atoms with Gasteiger partial charge in [-0.15, -0.1) is 0 Å². The van der Waals surface area contributed by atoms with E-state index in [1.165, 1.54) is 18.2 Å². The molecular formula is C15H22O3. The van der Waals surface area contributed by atoms with Gasteiger partial charge in [0, 0.05) is 13.0 Å². The first-order chi connectivity index (χ1) is 8.77. The molecule has 0 radical (unpaired) electrons. The number of esters is 1. The maximum atomic E-state index is 11.1. The molecule has 1 rings (SSSR count). The Hall–Kier alpha value is -1.35. The number of ether oxygens (including phenoxy) is 1. The predicted octanol–water partition coefficient (Wildman–Crippen LogP) is 2.50. The van der Waals surface area contributed by atoms with E-state index in [4.69, 9.17) is 5.11 Å². The zero-order chi connectivity index (χ0) is 13.2. The Kier molecular flexibility index (Phi) is 7.11. The van der Waals surface area contributed by atoms with Crippen molar-refractivity contribution in [1.29, 1.82) is 0 Å². The molecule has 0 spiro atoms. The van der Waals surface area contributed by atoms with Crippen LogP contribution in [0.25, 0.3) is 0 Å². The molecule has 0 atom stereocenters. The Morgan fingerprint density at radius 3 is 2.39 bits per heavy atom. The van der Waals surface area contributed by atoms with Crippen molar-refractivity contribution < 1.29 is 14.6 Å². The normalized spacial score (nSPS) is 10.3. The summed E-state index contributed by atoms with van der Waals surface area (Å²) in [5.41, 5.74) is 2.53. The first-order valence-corrected chi connectivity index (χ1v) is 6.52. The van der Waals surface area contributed by atoms with E-state index >= 15 is 0 Å². The van der Waals surface area contributed by atoms with E-state index in [-0.39, 0.29) is 12.6 Å². The Morgan fingerprint density at radius 1 is 1.11 bits per heavy atom. The third kappa shape index (κ3) is 5.32. The van der Waals surface area contributed by atoms with Crippen molar-refractivity contribution in [3.8, 4) is 0 Å². The fourth-order valence-corrected chi connectivity index (χ4v) is 1.99. The summed E-state index contributed by atoms with van der Waals surface area (Å²) in [6.07, 6.45) is 5.17. The van der Waals surface area contributed by atoms with Crippen molar-refractivity contribution in [1.82, 2.24) is 0 Å². The summed E-state index contributed by atoms with van der Waals surface area (Å²) >= 11 is 0. The van der Waals surface area contributed by atoms with Crippen LogP contribution in [-0.2, 0) is 22.4 Å². The van der Waals surface area contributed by atoms with E-state index in [9.17, 15) is 4.79 Å². The van der Waals surface area contributed by atoms with Crippen molar-refractivity contribution in [2.24, 2.45) is 0 Å². The SMILES string of the molecule is COC(=O)CCc1ccccc1CCCCCO. The number of aliphatic hydroxyl groups is 1. The van der Waals surface area contributed by atoms with Crippen molar-refractivity contribution in [2.75, 3.05) is 13.7 Å². The zero-order valence-electron chi connectivity index (χ0n) is 11.0. The van der Waals surface area contributed by atoms with Crippen molar-refractivity contribution >= 4 is 5.97 Å². The lowest BCUT2D eigenvalue weighted by Gasteiger charge is -2.08. The van der Waals surface area contributed by atoms with E-state index in [0.29, 0.717) is 6.42 Å². The van der Waals surface area contributed by atoms with Crippen LogP contribution >= 0.6 is 0 Å². The number of carbonyl (C=O) groups excluding carboxylic acids is 1. The van der Waals surface area contributed by atoms with E-state index in [1.807, 2.05) is 12.1 Å². The Morgan fingerprint density at radius 2 is 1.78 bits per heavy atom. The maximum absolute atomic E-state index is 11.1. The molecule has 0 saturated carbocycles. The van der Waals surface area contributed by atoms with Gasteiger partial charge in [0.15, 0.2) is 0 Å². The predicted molar refractivity (Wildman–Crippen MR) is 71.4 cm³/mol. The number of unbranched alkanes of at least 4 members (excludes halogenated alkanes) is 2. The second-order valence-electron chi connectivity index (χ2n) is 4.38. The monoisotopic (exact) mass is 250 g/mol. The standard InChI is InChI=1S/C15H22O3/c1-18-15(17)11-10-14-9-5-4-8-13(14)7-3-2-6-12-16/h4-5,8-9,16H,2-3,6-7,10-12H2,1H3. The Balaban J connectivity index is 2.48. The molecule has 3 nitrogen and oxygen atoms in total. The Labute approximate surface area is 109 Å². The lowest BCUT2D eigenvalue weighted by Crippen LogP contribution is -2.03. The molecule has 100 valence electrons. The van der Waals surface area contributed by atoms with Crippen LogP contribution in [0.4, 0.5) is 0 Å². The molecule has 1 aromatic carbocycles. The third-order valence-electron chi connectivity index (χ3n) is 3.05. The summed E-state index contributed by atoms with van der Waals surface area (Å²) in [4.78, 5) is 11.1. The summed E-state index contributed by atoms with van der Waals surface area (Å²) in [6.45, 7) is 0.268. The molecule has 3 heteroatoms. The summed E-state index contributed by atoms with van der Waals surface area (Å²) < 4.78 is 4.66. The largest absolute Gasteiger partial charge is 0.469 e. The number of hydrogen-bond acceptors (Lipinski definition) is 3. The van der Waals surface area contributed by atoms with Gasteiger partial charge in [0.2, 0.25) is 0 Å². The minimum Gasteiger partial charge on any atom is -0.469 e. The van der Waals surface area contributed by atoms with Crippen LogP contribution in [0.15, 0.2) is 24.3 Å². The first kappa shape index (κ1) is 14.7. The molecule has 0 unspecified atom stereocenters. The van der Waals surface area contributed by atoms with Crippen molar-refractivity contribution in [3.05, 3.63) is 35.4 Å². The quantitative estimate of drug-likeness (QED) is 0.569. The van der Waals surface area contributed by atoms with Gasteiger partial charge in [0.1, 0.15) is 0 Å². The minimum atomic E-state index is -0.162. The zero-order valence-corrected chi connectivity index (χ0v) is 11.0. The van der Waals surface area contributed by atoms with Gasteiger partial charge in [-0.1, -0.05) is 30.7 Å². The fraction of sp³-hybridized carbons (Fsp3) is 0.533. The van der Waals surface area contributed by atoms with Crippen LogP contribution in [0.1, 0.15) is 36.8 Å². The average Bonchev–Trinajstić information content (AvgIpc) is 2.42. The Bertz CT molecular complexity index is 361. The number of aliphatic hydroxyl groups excluding tert-OH is 1. The number of hydrogen-bond donors (Lipinski definition) is 1. The van der Waals surface area contributed by atoms with Gasteiger partial charge in [0.25, 0.3) is 0 Å². The molecule has 18 heavy (non-hydrogen) atoms. The van der Waals surface area contributed by atoms with Crippen LogP contribution in [0.3, 0.4) is 0 Å². The van der Waals surface area contributed by atoms with E-state index in [1.54, 1.807) is 0 Å². The molecule has 0 aliphatic heterocycles. The highest BCUT2D eigenvalue weighted by Gasteiger charge is 2.05. The molecule has 0 bridgehead atoms. The second kappa shape index (κ2) is 8.70. The molecule has 1 N–H and O–H groups in total. The highest BCUT2D eigenvalue weighted by molar-refractivity contribution is 5.69. The molecule has 0 fully saturated rings. The molecular weight excluding hydrogens is 228 g/mol. The lowest BCUT2D eigenvalue weighted by atomic mass is 9.98. The van der Waals surface area contributed by atoms with Gasteiger partial charge in [-0.05, 0) is 36.8 Å². The maximum Gasteiger partial charge on any atom is 0.305 e. The van der Waals surface area contributed by atoms with E-state index < -0.39 is 0 Å². The number of benzene rings is 1. The number of carbonyl (C=O) groups is 1. The summed E-state index contributed by atoms with van der Waals surface area (Å²) in [5.74, 6) is -0.162. The molecule has 0 aromatic heterocycles. The van der Waals surface area contributed by atoms with Crippen LogP contribution in [-0.4, -0.2) is 24.8 Å². The molecule has 0 aliphatic rings. The number of rotatable bonds is 8. The highest BCUT2D eigenvalue weighted by atomic mass is 16.5. The summed E-state index contributed by atoms with van der Waals surface area (Å²) in [6, 6.07) is 8.22. The molecule has 0 amide bonds. The fourth-order valence-electron chi connectivity index (χ4n) is 1.99. The topological polar surface area (TPSA) is 46.5 Å². The first-order valence-electron chi connectivity index (χ1n) is 6.52. The van der Waals surface area contributed by atoms with Crippen molar-refractivity contribution in [3.63, 3.8) is 0 Å². The lowest BCUT2D eigenvalue weighted by molar-refractivity contribution is -0.140. The minimum absolute atomic E-state index is 0.162. The second-order valence-corrected chi connectivity index (χ2v) is 4.38. The van der Waals surface area contributed by atoms with Gasteiger partial charge in [-0.3, -0.25) is 4.79 Å². The third-order valence-corrected chi connectivity index (χ3v) is 3.05. The molecule has 0 aliphatic carbocycles. The summed E-state index contributed by atoms with van der Waals surface area (Å²) in [5, 5.41) is 8.74. The van der Waals surface area contributed by atoms with Crippen LogP contribution in [0.5, 0.6) is 0 Å². The van der Waals surface area contributed by atoms with E-state index in [2.05, 4.69) is 16.9 Å². The summed E-state index contributed by atoms with van der Waals surface area (Å²) in [7, 11) is 1.42. The average molecular weight is 250 g/mol. The van der Waals surface area contributed by atoms with Gasteiger partial charge in [-0.25, -0.2) is 0 Å².